The molecule has 0 spiro atoms. The van der Waals surface area contributed by atoms with Gasteiger partial charge in [0.15, 0.2) is 0 Å². The normalized spacial score (nSPS) is 11.0. The van der Waals surface area contributed by atoms with E-state index >= 15 is 0 Å². The number of nitrogens with one attached hydrogen (secondary N) is 3. The van der Waals surface area contributed by atoms with E-state index in [-0.39, 0.29) is 23.5 Å². The van der Waals surface area contributed by atoms with Crippen LogP contribution in [0.2, 0.25) is 0 Å². The molecule has 1 heterocycles. The van der Waals surface area contributed by atoms with Gasteiger partial charge in [-0.05, 0) is 27.7 Å². The molecule has 16 heavy (non-hydrogen) atoms. The van der Waals surface area contributed by atoms with E-state index in [2.05, 4.69) is 25.8 Å². The lowest BCUT2D eigenvalue weighted by Crippen LogP contribution is -2.43. The quantitative estimate of drug-likeness (QED) is 0.721. The Labute approximate surface area is 94.0 Å². The minimum absolute atomic E-state index is 0.216. The second-order valence-corrected chi connectivity index (χ2v) is 4.23. The summed E-state index contributed by atoms with van der Waals surface area (Å²) in [7, 11) is 0. The molecule has 0 aromatic carbocycles. The van der Waals surface area contributed by atoms with Gasteiger partial charge in [-0.3, -0.25) is 5.32 Å². The lowest BCUT2D eigenvalue weighted by molar-refractivity contribution is 0.243. The van der Waals surface area contributed by atoms with E-state index in [0.717, 1.165) is 0 Å². The highest BCUT2D eigenvalue weighted by molar-refractivity contribution is 5.87. The minimum Gasteiger partial charge on any atom is -0.463 e. The first kappa shape index (κ1) is 12.3. The van der Waals surface area contributed by atoms with Crippen molar-refractivity contribution in [2.24, 2.45) is 0 Å². The Hall–Kier alpha value is -1.79. The minimum atomic E-state index is -0.341. The van der Waals surface area contributed by atoms with Crippen molar-refractivity contribution in [1.82, 2.24) is 20.5 Å². The Morgan fingerprint density at radius 1 is 1.50 bits per heavy atom. The third kappa shape index (κ3) is 4.16. The van der Waals surface area contributed by atoms with Gasteiger partial charge < -0.3 is 10.1 Å². The number of hydrogen-bond donors (Lipinski definition) is 3. The molecule has 0 aliphatic carbocycles. The van der Waals surface area contributed by atoms with E-state index in [1.165, 1.54) is 0 Å². The number of rotatable bonds is 3. The van der Waals surface area contributed by atoms with Crippen molar-refractivity contribution >= 4 is 12.0 Å². The standard InChI is InChI=1S/C9H17N5O2/c1-5-16-8-11-6(13-14-8)10-7(15)12-9(2,3)4/h5H2,1-4H3,(H3,10,11,12,13,14,15). The summed E-state index contributed by atoms with van der Waals surface area (Å²) in [6.45, 7) is 7.97. The lowest BCUT2D eigenvalue weighted by Gasteiger charge is -2.19. The van der Waals surface area contributed by atoms with Crippen LogP contribution in [0.3, 0.4) is 0 Å². The van der Waals surface area contributed by atoms with Gasteiger partial charge in [0.2, 0.25) is 5.95 Å². The number of carbonyl (C=O) groups excluding carboxylic acids is 1. The second-order valence-electron chi connectivity index (χ2n) is 4.23. The zero-order valence-corrected chi connectivity index (χ0v) is 9.92. The fourth-order valence-corrected chi connectivity index (χ4v) is 0.975. The van der Waals surface area contributed by atoms with Crippen LogP contribution in [0, 0.1) is 0 Å². The number of aromatic amines is 1. The summed E-state index contributed by atoms with van der Waals surface area (Å²) in [4.78, 5) is 15.4. The lowest BCUT2D eigenvalue weighted by atomic mass is 10.1. The largest absolute Gasteiger partial charge is 0.463 e. The number of H-pyrrole nitrogens is 1. The summed E-state index contributed by atoms with van der Waals surface area (Å²) in [6.07, 6.45) is 0. The maximum atomic E-state index is 11.4. The van der Waals surface area contributed by atoms with E-state index in [1.54, 1.807) is 0 Å². The van der Waals surface area contributed by atoms with Crippen molar-refractivity contribution in [3.63, 3.8) is 0 Å². The topological polar surface area (TPSA) is 91.9 Å². The molecule has 0 saturated carbocycles. The molecular weight excluding hydrogens is 210 g/mol. The third-order valence-corrected chi connectivity index (χ3v) is 1.46. The van der Waals surface area contributed by atoms with Crippen molar-refractivity contribution in [2.45, 2.75) is 33.2 Å². The van der Waals surface area contributed by atoms with E-state index in [0.29, 0.717) is 6.61 Å². The van der Waals surface area contributed by atoms with Gasteiger partial charge in [-0.25, -0.2) is 9.89 Å². The van der Waals surface area contributed by atoms with Gasteiger partial charge in [-0.1, -0.05) is 0 Å². The predicted octanol–water partition coefficient (Wildman–Crippen LogP) is 1.12. The predicted molar refractivity (Wildman–Crippen MR) is 59.5 cm³/mol. The summed E-state index contributed by atoms with van der Waals surface area (Å²) in [5.41, 5.74) is -0.299. The monoisotopic (exact) mass is 227 g/mol. The summed E-state index contributed by atoms with van der Waals surface area (Å²) >= 11 is 0. The Morgan fingerprint density at radius 2 is 2.19 bits per heavy atom. The SMILES string of the molecule is CCOc1n[nH]c(NC(=O)NC(C)(C)C)n1. The van der Waals surface area contributed by atoms with E-state index in [4.69, 9.17) is 4.74 Å². The fraction of sp³-hybridized carbons (Fsp3) is 0.667. The van der Waals surface area contributed by atoms with Crippen molar-refractivity contribution < 1.29 is 9.53 Å². The van der Waals surface area contributed by atoms with Crippen LogP contribution >= 0.6 is 0 Å². The molecule has 3 N–H and O–H groups in total. The first-order valence-electron chi connectivity index (χ1n) is 5.05. The number of carbonyl (C=O) groups is 1. The average molecular weight is 227 g/mol. The van der Waals surface area contributed by atoms with Gasteiger partial charge in [0.05, 0.1) is 6.61 Å². The van der Waals surface area contributed by atoms with Crippen LogP contribution in [-0.4, -0.2) is 33.4 Å². The Bertz CT molecular complexity index is 355. The van der Waals surface area contributed by atoms with Crippen molar-refractivity contribution in [2.75, 3.05) is 11.9 Å². The summed E-state index contributed by atoms with van der Waals surface area (Å²) < 4.78 is 5.04. The van der Waals surface area contributed by atoms with E-state index < -0.39 is 0 Å². The molecule has 1 aromatic heterocycles. The molecule has 7 nitrogen and oxygen atoms in total. The van der Waals surface area contributed by atoms with Crippen LogP contribution in [0.25, 0.3) is 0 Å². The molecule has 0 radical (unpaired) electrons. The first-order chi connectivity index (χ1) is 7.40. The maximum Gasteiger partial charge on any atom is 0.337 e. The highest BCUT2D eigenvalue weighted by Crippen LogP contribution is 2.06. The highest BCUT2D eigenvalue weighted by Gasteiger charge is 2.14. The average Bonchev–Trinajstić information content (AvgIpc) is 2.49. The molecule has 1 aromatic rings. The van der Waals surface area contributed by atoms with Gasteiger partial charge in [0.1, 0.15) is 0 Å². The van der Waals surface area contributed by atoms with E-state index in [9.17, 15) is 4.79 Å². The van der Waals surface area contributed by atoms with Crippen molar-refractivity contribution in [3.05, 3.63) is 0 Å². The van der Waals surface area contributed by atoms with Crippen LogP contribution in [0.5, 0.6) is 6.01 Å². The highest BCUT2D eigenvalue weighted by atomic mass is 16.5. The van der Waals surface area contributed by atoms with Gasteiger partial charge in [-0.2, -0.15) is 4.98 Å². The molecule has 0 fully saturated rings. The molecule has 1 rings (SSSR count). The number of hydrogen-bond acceptors (Lipinski definition) is 4. The summed E-state index contributed by atoms with van der Waals surface area (Å²) in [5, 5.41) is 11.6. The molecule has 90 valence electrons. The van der Waals surface area contributed by atoms with Crippen LogP contribution in [0.4, 0.5) is 10.7 Å². The fourth-order valence-electron chi connectivity index (χ4n) is 0.975. The molecule has 0 atom stereocenters. The molecule has 0 aliphatic rings. The van der Waals surface area contributed by atoms with Crippen molar-refractivity contribution in [1.29, 1.82) is 0 Å². The molecule has 0 bridgehead atoms. The zero-order valence-electron chi connectivity index (χ0n) is 9.92. The Balaban J connectivity index is 2.50. The molecule has 2 amide bonds. The number of amides is 2. The smallest absolute Gasteiger partial charge is 0.337 e. The van der Waals surface area contributed by atoms with Gasteiger partial charge in [0, 0.05) is 5.54 Å². The molecular formula is C9H17N5O2. The van der Waals surface area contributed by atoms with Crippen LogP contribution in [0.1, 0.15) is 27.7 Å². The molecule has 0 aliphatic heterocycles. The number of aromatic nitrogens is 3. The Morgan fingerprint density at radius 3 is 2.75 bits per heavy atom. The van der Waals surface area contributed by atoms with E-state index in [1.807, 2.05) is 27.7 Å². The second kappa shape index (κ2) is 4.82. The van der Waals surface area contributed by atoms with Crippen molar-refractivity contribution in [3.8, 4) is 6.01 Å². The van der Waals surface area contributed by atoms with Gasteiger partial charge in [0.25, 0.3) is 0 Å². The zero-order chi connectivity index (χ0) is 12.2. The number of ether oxygens (including phenoxy) is 1. The van der Waals surface area contributed by atoms with Crippen LogP contribution in [0.15, 0.2) is 0 Å². The molecule has 0 unspecified atom stereocenters. The summed E-state index contributed by atoms with van der Waals surface area (Å²) in [5.74, 6) is 0.255. The van der Waals surface area contributed by atoms with Gasteiger partial charge >= 0.3 is 12.0 Å². The molecule has 7 heteroatoms. The number of anilines is 1. The van der Waals surface area contributed by atoms with Crippen LogP contribution < -0.4 is 15.4 Å². The van der Waals surface area contributed by atoms with Crippen LogP contribution in [-0.2, 0) is 0 Å². The molecule has 0 saturated heterocycles. The number of urea groups is 1. The first-order valence-corrected chi connectivity index (χ1v) is 5.05. The summed E-state index contributed by atoms with van der Waals surface area (Å²) in [6, 6.07) is -0.125. The maximum absolute atomic E-state index is 11.4. The Kier molecular flexibility index (Phi) is 3.70. The van der Waals surface area contributed by atoms with Gasteiger partial charge in [-0.15, -0.1) is 5.10 Å². The third-order valence-electron chi connectivity index (χ3n) is 1.46. The number of nitrogens with zero attached hydrogens (tertiary/aromatic N) is 2.